The van der Waals surface area contributed by atoms with E-state index < -0.39 is 0 Å². The second-order valence-electron chi connectivity index (χ2n) is 7.06. The minimum absolute atomic E-state index is 0.0499. The zero-order valence-electron chi connectivity index (χ0n) is 15.3. The first-order valence-corrected chi connectivity index (χ1v) is 9.48. The lowest BCUT2D eigenvalue weighted by Gasteiger charge is -2.19. The van der Waals surface area contributed by atoms with Crippen LogP contribution >= 0.6 is 0 Å². The number of anilines is 3. The van der Waals surface area contributed by atoms with Gasteiger partial charge in [-0.1, -0.05) is 36.4 Å². The first kappa shape index (κ1) is 16.6. The van der Waals surface area contributed by atoms with E-state index in [1.807, 2.05) is 66.7 Å². The third kappa shape index (κ3) is 3.22. The monoisotopic (exact) mass is 368 g/mol. The first-order chi connectivity index (χ1) is 13.8. The second kappa shape index (κ2) is 6.85. The molecule has 5 nitrogen and oxygen atoms in total. The van der Waals surface area contributed by atoms with Crippen molar-refractivity contribution in [1.29, 1.82) is 0 Å². The van der Waals surface area contributed by atoms with Crippen molar-refractivity contribution in [2.75, 3.05) is 10.6 Å². The number of hydrogen-bond donors (Lipinski definition) is 2. The Hall–Kier alpha value is -3.60. The average molecular weight is 368 g/mol. The maximum Gasteiger partial charge on any atom is 0.193 e. The molecule has 0 atom stereocenters. The molecule has 0 unspecified atom stereocenters. The van der Waals surface area contributed by atoms with Crippen LogP contribution in [0.1, 0.15) is 12.8 Å². The molecule has 0 radical (unpaired) electrons. The van der Waals surface area contributed by atoms with Crippen molar-refractivity contribution in [2.45, 2.75) is 18.9 Å². The van der Waals surface area contributed by atoms with Gasteiger partial charge in [0.15, 0.2) is 5.43 Å². The summed E-state index contributed by atoms with van der Waals surface area (Å²) in [6.45, 7) is 0. The third-order valence-electron chi connectivity index (χ3n) is 4.89. The normalized spacial score (nSPS) is 13.4. The molecule has 0 amide bonds. The lowest BCUT2D eigenvalue weighted by atomic mass is 10.2. The van der Waals surface area contributed by atoms with Gasteiger partial charge in [0.25, 0.3) is 0 Å². The predicted octanol–water partition coefficient (Wildman–Crippen LogP) is 4.70. The van der Waals surface area contributed by atoms with Crippen molar-refractivity contribution in [1.82, 2.24) is 9.55 Å². The number of benzene rings is 2. The summed E-state index contributed by atoms with van der Waals surface area (Å²) < 4.78 is 2.07. The van der Waals surface area contributed by atoms with Gasteiger partial charge in [0.2, 0.25) is 0 Å². The van der Waals surface area contributed by atoms with Gasteiger partial charge < -0.3 is 10.6 Å². The molecule has 2 aromatic heterocycles. The number of pyridine rings is 2. The molecule has 4 aromatic rings. The Kier molecular flexibility index (Phi) is 4.05. The smallest absolute Gasteiger partial charge is 0.193 e. The number of rotatable bonds is 5. The van der Waals surface area contributed by atoms with Gasteiger partial charge >= 0.3 is 0 Å². The molecule has 2 N–H and O–H groups in total. The van der Waals surface area contributed by atoms with E-state index in [1.54, 1.807) is 12.3 Å². The van der Waals surface area contributed by atoms with Crippen LogP contribution < -0.4 is 16.1 Å². The van der Waals surface area contributed by atoms with Gasteiger partial charge in [0.1, 0.15) is 11.6 Å². The molecule has 2 heterocycles. The van der Waals surface area contributed by atoms with Crippen molar-refractivity contribution in [3.63, 3.8) is 0 Å². The zero-order chi connectivity index (χ0) is 18.9. The largest absolute Gasteiger partial charge is 0.367 e. The summed E-state index contributed by atoms with van der Waals surface area (Å²) >= 11 is 0. The van der Waals surface area contributed by atoms with Gasteiger partial charge in [-0.25, -0.2) is 4.98 Å². The van der Waals surface area contributed by atoms with E-state index in [-0.39, 0.29) is 5.43 Å². The molecule has 1 aliphatic rings. The summed E-state index contributed by atoms with van der Waals surface area (Å²) in [7, 11) is 0. The molecule has 0 spiro atoms. The highest BCUT2D eigenvalue weighted by Crippen LogP contribution is 2.28. The molecule has 0 bridgehead atoms. The summed E-state index contributed by atoms with van der Waals surface area (Å²) in [6, 6.07) is 24.0. The number of fused-ring (bicyclic) bond motifs is 1. The maximum atomic E-state index is 12.8. The van der Waals surface area contributed by atoms with Gasteiger partial charge in [-0.05, 0) is 37.1 Å². The number of para-hydroxylation sites is 2. The van der Waals surface area contributed by atoms with E-state index in [1.165, 1.54) is 12.8 Å². The zero-order valence-corrected chi connectivity index (χ0v) is 15.3. The molecule has 1 saturated carbocycles. The summed E-state index contributed by atoms with van der Waals surface area (Å²) in [5.41, 5.74) is 2.69. The van der Waals surface area contributed by atoms with E-state index in [0.717, 1.165) is 28.5 Å². The summed E-state index contributed by atoms with van der Waals surface area (Å²) in [5.74, 6) is 1.52. The summed E-state index contributed by atoms with van der Waals surface area (Å²) in [5, 5.41) is 7.43. The Morgan fingerprint density at radius 3 is 2.36 bits per heavy atom. The van der Waals surface area contributed by atoms with Crippen molar-refractivity contribution in [3.8, 4) is 5.69 Å². The van der Waals surface area contributed by atoms with Gasteiger partial charge in [-0.3, -0.25) is 9.36 Å². The molecule has 0 aliphatic heterocycles. The SMILES string of the molecule is O=c1cc(Nc2ccccc2)n(-c2ccccc2)c2cc(NC3CC3)ncc12. The fraction of sp³-hybridized carbons (Fsp3) is 0.130. The molecular formula is C23H20N4O. The Balaban J connectivity index is 1.73. The minimum atomic E-state index is -0.0499. The molecule has 5 heteroatoms. The molecule has 5 rings (SSSR count). The van der Waals surface area contributed by atoms with Crippen LogP contribution in [0.25, 0.3) is 16.6 Å². The summed E-state index contributed by atoms with van der Waals surface area (Å²) in [6.07, 6.45) is 4.01. The minimum Gasteiger partial charge on any atom is -0.367 e. The van der Waals surface area contributed by atoms with Crippen LogP contribution in [-0.4, -0.2) is 15.6 Å². The number of nitrogens with one attached hydrogen (secondary N) is 2. The fourth-order valence-electron chi connectivity index (χ4n) is 3.35. The lowest BCUT2D eigenvalue weighted by molar-refractivity contribution is 1.08. The van der Waals surface area contributed by atoms with Crippen molar-refractivity contribution >= 4 is 28.2 Å². The van der Waals surface area contributed by atoms with E-state index in [0.29, 0.717) is 11.4 Å². The number of nitrogens with zero attached hydrogens (tertiary/aromatic N) is 2. The van der Waals surface area contributed by atoms with Crippen LogP contribution in [-0.2, 0) is 0 Å². The third-order valence-corrected chi connectivity index (χ3v) is 4.89. The molecule has 1 fully saturated rings. The molecule has 138 valence electrons. The maximum absolute atomic E-state index is 12.8. The number of aromatic nitrogens is 2. The van der Waals surface area contributed by atoms with E-state index in [4.69, 9.17) is 0 Å². The Morgan fingerprint density at radius 2 is 1.64 bits per heavy atom. The highest BCUT2D eigenvalue weighted by atomic mass is 16.1. The standard InChI is InChI=1S/C23H20N4O/c28-21-14-23(26-16-7-3-1-4-8-16)27(18-9-5-2-6-10-18)20-13-22(24-15-19(20)21)25-17-11-12-17/h1-10,13-15,17,26H,11-12H2,(H,24,25). The van der Waals surface area contributed by atoms with Crippen LogP contribution in [0.4, 0.5) is 17.3 Å². The van der Waals surface area contributed by atoms with Crippen molar-refractivity contribution in [2.24, 2.45) is 0 Å². The quantitative estimate of drug-likeness (QED) is 0.536. The van der Waals surface area contributed by atoms with Gasteiger partial charge in [-0.2, -0.15) is 0 Å². The van der Waals surface area contributed by atoms with Gasteiger partial charge in [0.05, 0.1) is 10.9 Å². The Bertz CT molecular complexity index is 1180. The summed E-state index contributed by atoms with van der Waals surface area (Å²) in [4.78, 5) is 17.3. The Morgan fingerprint density at radius 1 is 0.929 bits per heavy atom. The Labute approximate surface area is 162 Å². The predicted molar refractivity (Wildman–Crippen MR) is 114 cm³/mol. The van der Waals surface area contributed by atoms with Gasteiger partial charge in [-0.15, -0.1) is 0 Å². The fourth-order valence-corrected chi connectivity index (χ4v) is 3.35. The van der Waals surface area contributed by atoms with Crippen LogP contribution in [0.5, 0.6) is 0 Å². The lowest BCUT2D eigenvalue weighted by Crippen LogP contribution is -2.13. The first-order valence-electron chi connectivity index (χ1n) is 9.48. The van der Waals surface area contributed by atoms with Crippen molar-refractivity contribution < 1.29 is 0 Å². The van der Waals surface area contributed by atoms with Crippen LogP contribution in [0.3, 0.4) is 0 Å². The topological polar surface area (TPSA) is 59.0 Å². The second-order valence-corrected chi connectivity index (χ2v) is 7.06. The highest BCUT2D eigenvalue weighted by molar-refractivity contribution is 5.85. The van der Waals surface area contributed by atoms with Crippen LogP contribution in [0.15, 0.2) is 83.8 Å². The van der Waals surface area contributed by atoms with Crippen LogP contribution in [0.2, 0.25) is 0 Å². The molecule has 0 saturated heterocycles. The highest BCUT2D eigenvalue weighted by Gasteiger charge is 2.22. The average Bonchev–Trinajstić information content (AvgIpc) is 3.53. The molecule has 2 aromatic carbocycles. The van der Waals surface area contributed by atoms with Crippen LogP contribution in [0, 0.1) is 0 Å². The molecular weight excluding hydrogens is 348 g/mol. The molecule has 1 aliphatic carbocycles. The number of hydrogen-bond acceptors (Lipinski definition) is 4. The van der Waals surface area contributed by atoms with E-state index in [9.17, 15) is 4.79 Å². The van der Waals surface area contributed by atoms with E-state index in [2.05, 4.69) is 20.2 Å². The van der Waals surface area contributed by atoms with E-state index >= 15 is 0 Å². The van der Waals surface area contributed by atoms with Crippen molar-refractivity contribution in [3.05, 3.63) is 89.2 Å². The van der Waals surface area contributed by atoms with Gasteiger partial charge in [0, 0.05) is 35.7 Å². The molecule has 28 heavy (non-hydrogen) atoms.